The summed E-state index contributed by atoms with van der Waals surface area (Å²) in [6.45, 7) is 4.65. The zero-order chi connectivity index (χ0) is 15.0. The van der Waals surface area contributed by atoms with Crippen LogP contribution >= 0.6 is 15.9 Å². The molecule has 0 atom stereocenters. The van der Waals surface area contributed by atoms with Gasteiger partial charge in [-0.2, -0.15) is 10.2 Å². The molecule has 21 heavy (non-hydrogen) atoms. The molecule has 0 saturated carbocycles. The first-order chi connectivity index (χ1) is 10.1. The van der Waals surface area contributed by atoms with Gasteiger partial charge in [0, 0.05) is 18.9 Å². The van der Waals surface area contributed by atoms with Crippen molar-refractivity contribution in [1.29, 1.82) is 0 Å². The zero-order valence-corrected chi connectivity index (χ0v) is 13.3. The monoisotopic (exact) mass is 347 g/mol. The van der Waals surface area contributed by atoms with E-state index in [1.807, 2.05) is 18.5 Å². The molecule has 6 nitrogen and oxygen atoms in total. The van der Waals surface area contributed by atoms with E-state index in [0.29, 0.717) is 5.56 Å². The first kappa shape index (κ1) is 13.9. The minimum absolute atomic E-state index is 0.00769. The van der Waals surface area contributed by atoms with Gasteiger partial charge in [-0.1, -0.05) is 0 Å². The molecule has 3 rings (SSSR count). The van der Waals surface area contributed by atoms with E-state index in [4.69, 9.17) is 0 Å². The highest BCUT2D eigenvalue weighted by atomic mass is 79.9. The molecule has 108 valence electrons. The number of ketones is 1. The number of carbonyl (C=O) groups excluding carboxylic acids is 1. The van der Waals surface area contributed by atoms with Crippen molar-refractivity contribution < 1.29 is 4.79 Å². The van der Waals surface area contributed by atoms with Crippen molar-refractivity contribution in [2.24, 2.45) is 0 Å². The van der Waals surface area contributed by atoms with Crippen LogP contribution in [0.25, 0.3) is 5.52 Å². The Morgan fingerprint density at radius 2 is 2.19 bits per heavy atom. The Kier molecular flexibility index (Phi) is 3.59. The number of halogens is 1. The quantitative estimate of drug-likeness (QED) is 0.680. The lowest BCUT2D eigenvalue weighted by Crippen LogP contribution is -2.10. The largest absolute Gasteiger partial charge is 0.294 e. The van der Waals surface area contributed by atoms with Crippen molar-refractivity contribution in [3.05, 3.63) is 46.2 Å². The summed E-state index contributed by atoms with van der Waals surface area (Å²) in [5.74, 6) is 0.00769. The van der Waals surface area contributed by atoms with Gasteiger partial charge < -0.3 is 0 Å². The van der Waals surface area contributed by atoms with Crippen LogP contribution in [0.3, 0.4) is 0 Å². The van der Waals surface area contributed by atoms with E-state index in [-0.39, 0.29) is 12.2 Å². The van der Waals surface area contributed by atoms with Gasteiger partial charge in [-0.15, -0.1) is 0 Å². The molecule has 3 aromatic heterocycles. The maximum atomic E-state index is 12.6. The van der Waals surface area contributed by atoms with Gasteiger partial charge in [-0.3, -0.25) is 14.5 Å². The van der Waals surface area contributed by atoms with Gasteiger partial charge in [-0.05, 0) is 29.8 Å². The first-order valence-corrected chi connectivity index (χ1v) is 7.43. The molecule has 0 spiro atoms. The SMILES string of the molecule is CCn1nc(C)c(Br)c1CC(=O)c1cnn2ccncc12. The molecule has 3 aromatic rings. The topological polar surface area (TPSA) is 65.1 Å². The van der Waals surface area contributed by atoms with E-state index in [9.17, 15) is 4.79 Å². The molecule has 0 saturated heterocycles. The fourth-order valence-electron chi connectivity index (χ4n) is 2.33. The Morgan fingerprint density at radius 3 is 2.95 bits per heavy atom. The lowest BCUT2D eigenvalue weighted by atomic mass is 10.1. The summed E-state index contributed by atoms with van der Waals surface area (Å²) >= 11 is 3.51. The maximum Gasteiger partial charge on any atom is 0.172 e. The summed E-state index contributed by atoms with van der Waals surface area (Å²) in [7, 11) is 0. The summed E-state index contributed by atoms with van der Waals surface area (Å²) in [5, 5.41) is 8.58. The molecule has 0 aliphatic heterocycles. The smallest absolute Gasteiger partial charge is 0.172 e. The molecule has 0 aromatic carbocycles. The van der Waals surface area contributed by atoms with Crippen LogP contribution < -0.4 is 0 Å². The summed E-state index contributed by atoms with van der Waals surface area (Å²) in [6.07, 6.45) is 6.89. The van der Waals surface area contributed by atoms with E-state index in [0.717, 1.165) is 27.9 Å². The molecule has 7 heteroatoms. The highest BCUT2D eigenvalue weighted by Crippen LogP contribution is 2.23. The minimum Gasteiger partial charge on any atom is -0.294 e. The molecule has 0 aliphatic carbocycles. The Morgan fingerprint density at radius 1 is 1.38 bits per heavy atom. The van der Waals surface area contributed by atoms with Crippen molar-refractivity contribution in [3.63, 3.8) is 0 Å². The van der Waals surface area contributed by atoms with Gasteiger partial charge in [0.25, 0.3) is 0 Å². The van der Waals surface area contributed by atoms with Crippen molar-refractivity contribution in [1.82, 2.24) is 24.4 Å². The van der Waals surface area contributed by atoms with Crippen LogP contribution in [0.5, 0.6) is 0 Å². The summed E-state index contributed by atoms with van der Waals surface area (Å²) in [5.41, 5.74) is 3.08. The first-order valence-electron chi connectivity index (χ1n) is 6.64. The third-order valence-electron chi connectivity index (χ3n) is 3.41. The maximum absolute atomic E-state index is 12.6. The molecule has 0 bridgehead atoms. The predicted octanol–water partition coefficient (Wildman–Crippen LogP) is 2.44. The predicted molar refractivity (Wildman–Crippen MR) is 81.4 cm³/mol. The highest BCUT2D eigenvalue weighted by molar-refractivity contribution is 9.10. The molecular weight excluding hydrogens is 334 g/mol. The summed E-state index contributed by atoms with van der Waals surface area (Å²) in [4.78, 5) is 16.6. The summed E-state index contributed by atoms with van der Waals surface area (Å²) in [6, 6.07) is 0. The Bertz CT molecular complexity index is 820. The lowest BCUT2D eigenvalue weighted by molar-refractivity contribution is 0.0992. The average Bonchev–Trinajstić information content (AvgIpc) is 3.03. The van der Waals surface area contributed by atoms with E-state index >= 15 is 0 Å². The van der Waals surface area contributed by atoms with Crippen LogP contribution in [0.4, 0.5) is 0 Å². The standard InChI is InChI=1S/C14H14BrN5O/c1-3-19-11(14(15)9(2)18-19)6-13(21)10-7-17-20-5-4-16-8-12(10)20/h4-5,7-8H,3,6H2,1-2H3. The number of carbonyl (C=O) groups is 1. The van der Waals surface area contributed by atoms with Crippen LogP contribution in [-0.4, -0.2) is 30.2 Å². The number of Topliss-reactive ketones (excluding diaryl/α,β-unsaturated/α-hetero) is 1. The van der Waals surface area contributed by atoms with Crippen LogP contribution in [0.2, 0.25) is 0 Å². The van der Waals surface area contributed by atoms with Crippen molar-refractivity contribution in [3.8, 4) is 0 Å². The Hall–Kier alpha value is -2.02. The van der Waals surface area contributed by atoms with Gasteiger partial charge in [-0.25, -0.2) is 4.52 Å². The minimum atomic E-state index is 0.00769. The van der Waals surface area contributed by atoms with Crippen LogP contribution in [0.1, 0.15) is 28.7 Å². The fourth-order valence-corrected chi connectivity index (χ4v) is 2.76. The number of aromatic nitrogens is 5. The van der Waals surface area contributed by atoms with Gasteiger partial charge in [0.2, 0.25) is 0 Å². The second-order valence-electron chi connectivity index (χ2n) is 4.73. The van der Waals surface area contributed by atoms with Crippen LogP contribution in [-0.2, 0) is 13.0 Å². The molecule has 0 radical (unpaired) electrons. The van der Waals surface area contributed by atoms with Crippen molar-refractivity contribution in [2.75, 3.05) is 0 Å². The summed E-state index contributed by atoms with van der Waals surface area (Å²) < 4.78 is 4.39. The van der Waals surface area contributed by atoms with Gasteiger partial charge >= 0.3 is 0 Å². The van der Waals surface area contributed by atoms with Crippen molar-refractivity contribution in [2.45, 2.75) is 26.8 Å². The fraction of sp³-hybridized carbons (Fsp3) is 0.286. The second-order valence-corrected chi connectivity index (χ2v) is 5.52. The zero-order valence-electron chi connectivity index (χ0n) is 11.7. The molecule has 0 unspecified atom stereocenters. The van der Waals surface area contributed by atoms with E-state index in [1.165, 1.54) is 0 Å². The number of hydrogen-bond acceptors (Lipinski definition) is 4. The number of fused-ring (bicyclic) bond motifs is 1. The van der Waals surface area contributed by atoms with Gasteiger partial charge in [0.05, 0.1) is 45.8 Å². The Labute approximate surface area is 129 Å². The normalized spacial score (nSPS) is 11.2. The van der Waals surface area contributed by atoms with E-state index in [2.05, 4.69) is 31.1 Å². The Balaban J connectivity index is 1.97. The molecule has 0 amide bonds. The molecular formula is C14H14BrN5O. The van der Waals surface area contributed by atoms with Gasteiger partial charge in [0.15, 0.2) is 5.78 Å². The van der Waals surface area contributed by atoms with Crippen LogP contribution in [0, 0.1) is 6.92 Å². The molecule has 3 heterocycles. The third-order valence-corrected chi connectivity index (χ3v) is 4.44. The van der Waals surface area contributed by atoms with Gasteiger partial charge in [0.1, 0.15) is 0 Å². The number of hydrogen-bond donors (Lipinski definition) is 0. The van der Waals surface area contributed by atoms with E-state index in [1.54, 1.807) is 29.3 Å². The van der Waals surface area contributed by atoms with E-state index < -0.39 is 0 Å². The number of aryl methyl sites for hydroxylation is 2. The second kappa shape index (κ2) is 5.40. The highest BCUT2D eigenvalue weighted by Gasteiger charge is 2.19. The van der Waals surface area contributed by atoms with Crippen LogP contribution in [0.15, 0.2) is 29.3 Å². The number of rotatable bonds is 4. The van der Waals surface area contributed by atoms with Crippen molar-refractivity contribution >= 4 is 27.2 Å². The lowest BCUT2D eigenvalue weighted by Gasteiger charge is -2.04. The molecule has 0 N–H and O–H groups in total. The number of nitrogens with zero attached hydrogens (tertiary/aromatic N) is 5. The average molecular weight is 348 g/mol. The third kappa shape index (κ3) is 2.37. The molecule has 0 aliphatic rings. The molecule has 0 fully saturated rings.